The summed E-state index contributed by atoms with van der Waals surface area (Å²) in [5.41, 5.74) is 0. The fourth-order valence-electron chi connectivity index (χ4n) is 7.45. The molecule has 0 aromatic carbocycles. The van der Waals surface area contributed by atoms with E-state index in [-0.39, 0.29) is 36.2 Å². The minimum absolute atomic E-state index is 0.0517. The quantitative estimate of drug-likeness (QED) is 0.0214. The van der Waals surface area contributed by atoms with Crippen molar-refractivity contribution in [3.63, 3.8) is 0 Å². The lowest BCUT2D eigenvalue weighted by atomic mass is 10.0. The molecule has 0 spiro atoms. The van der Waals surface area contributed by atoms with E-state index in [4.69, 9.17) is 14.2 Å². The standard InChI is InChI=1S/C55H97NO7/c1-6-8-10-12-14-16-18-20-22-24-25-26-27-28-29-30-32-34-36-38-40-42-44-46-54(58)63-51(49-61-48-47-52(55(59)60)56(3,4)5)50-62-53(57)45-43-41-39-37-35-33-31-23-21-19-17-15-13-11-9-7-2/h8,10,14,16,20,22-23,31,33,35,51-52H,6-7,9,11-13,15,17-19,21,24-30,32,34,36-50H2,1-5H3/p+1/b10-8+,16-14+,22-20+,31-23+,35-33+. The van der Waals surface area contributed by atoms with Crippen molar-refractivity contribution >= 4 is 17.9 Å². The molecule has 0 saturated heterocycles. The van der Waals surface area contributed by atoms with Gasteiger partial charge in [-0.15, -0.1) is 0 Å². The summed E-state index contributed by atoms with van der Waals surface area (Å²) in [7, 11) is 5.53. The van der Waals surface area contributed by atoms with Crippen LogP contribution >= 0.6 is 0 Å². The Morgan fingerprint density at radius 3 is 1.43 bits per heavy atom. The fraction of sp³-hybridized carbons (Fsp3) is 0.764. The van der Waals surface area contributed by atoms with Gasteiger partial charge in [0.15, 0.2) is 12.1 Å². The van der Waals surface area contributed by atoms with Crippen molar-refractivity contribution in [2.45, 2.75) is 231 Å². The van der Waals surface area contributed by atoms with E-state index >= 15 is 0 Å². The topological polar surface area (TPSA) is 99.1 Å². The SMILES string of the molecule is CC/C=C/C/C=C/C/C=C/CCCCCCCCCCCCCCCC(=O)OC(COCCC(C(=O)O)[N+](C)(C)C)COC(=O)CCCCC/C=C/C=C/CCCCCCCCC. The molecule has 0 aromatic rings. The molecule has 2 unspecified atom stereocenters. The molecule has 8 nitrogen and oxygen atoms in total. The number of unbranched alkanes of at least 4 members (excludes halogenated alkanes) is 23. The number of quaternary nitrogens is 1. The number of carbonyl (C=O) groups excluding carboxylic acids is 2. The molecule has 63 heavy (non-hydrogen) atoms. The van der Waals surface area contributed by atoms with Crippen molar-refractivity contribution in [1.29, 1.82) is 0 Å². The summed E-state index contributed by atoms with van der Waals surface area (Å²) >= 11 is 0. The first-order valence-corrected chi connectivity index (χ1v) is 25.8. The van der Waals surface area contributed by atoms with Gasteiger partial charge in [0.05, 0.1) is 34.4 Å². The molecule has 0 aliphatic heterocycles. The van der Waals surface area contributed by atoms with Crippen molar-refractivity contribution < 1.29 is 38.2 Å². The van der Waals surface area contributed by atoms with E-state index < -0.39 is 18.1 Å². The van der Waals surface area contributed by atoms with Crippen LogP contribution in [0.2, 0.25) is 0 Å². The van der Waals surface area contributed by atoms with Crippen LogP contribution in [-0.2, 0) is 28.6 Å². The van der Waals surface area contributed by atoms with Crippen molar-refractivity contribution in [3.8, 4) is 0 Å². The number of rotatable bonds is 46. The van der Waals surface area contributed by atoms with Gasteiger partial charge in [0, 0.05) is 19.3 Å². The second-order valence-corrected chi connectivity index (χ2v) is 18.4. The molecule has 0 bridgehead atoms. The van der Waals surface area contributed by atoms with Gasteiger partial charge in [0.1, 0.15) is 6.61 Å². The number of carboxylic acids is 1. The molecule has 1 N–H and O–H groups in total. The molecule has 0 amide bonds. The van der Waals surface area contributed by atoms with Gasteiger partial charge in [0.2, 0.25) is 0 Å². The van der Waals surface area contributed by atoms with Crippen LogP contribution in [-0.4, -0.2) is 80.6 Å². The second kappa shape index (κ2) is 45.6. The molecular weight excluding hydrogens is 787 g/mol. The summed E-state index contributed by atoms with van der Waals surface area (Å²) in [4.78, 5) is 37.1. The van der Waals surface area contributed by atoms with Gasteiger partial charge in [-0.05, 0) is 70.6 Å². The Morgan fingerprint density at radius 1 is 0.508 bits per heavy atom. The highest BCUT2D eigenvalue weighted by molar-refractivity contribution is 5.72. The van der Waals surface area contributed by atoms with E-state index in [0.717, 1.165) is 70.6 Å². The largest absolute Gasteiger partial charge is 0.477 e. The van der Waals surface area contributed by atoms with E-state index in [1.807, 2.05) is 21.1 Å². The van der Waals surface area contributed by atoms with Gasteiger partial charge in [-0.2, -0.15) is 0 Å². The average Bonchev–Trinajstić information content (AvgIpc) is 3.24. The van der Waals surface area contributed by atoms with Crippen LogP contribution in [0.15, 0.2) is 60.8 Å². The third-order valence-electron chi connectivity index (χ3n) is 11.4. The van der Waals surface area contributed by atoms with E-state index in [0.29, 0.717) is 19.3 Å². The highest BCUT2D eigenvalue weighted by atomic mass is 16.6. The molecule has 0 rings (SSSR count). The van der Waals surface area contributed by atoms with Gasteiger partial charge in [-0.1, -0.05) is 190 Å². The maximum Gasteiger partial charge on any atom is 0.362 e. The lowest BCUT2D eigenvalue weighted by molar-refractivity contribution is -0.887. The van der Waals surface area contributed by atoms with Gasteiger partial charge in [0.25, 0.3) is 0 Å². The Morgan fingerprint density at radius 2 is 0.937 bits per heavy atom. The summed E-state index contributed by atoms with van der Waals surface area (Å²) < 4.78 is 17.3. The van der Waals surface area contributed by atoms with Gasteiger partial charge in [-0.25, -0.2) is 4.79 Å². The Bertz CT molecular complexity index is 1210. The Labute approximate surface area is 388 Å². The fourth-order valence-corrected chi connectivity index (χ4v) is 7.45. The second-order valence-electron chi connectivity index (χ2n) is 18.4. The van der Waals surface area contributed by atoms with E-state index in [1.54, 1.807) is 0 Å². The zero-order chi connectivity index (χ0) is 46.3. The Kier molecular flexibility index (Phi) is 43.4. The van der Waals surface area contributed by atoms with E-state index in [1.165, 1.54) is 116 Å². The number of nitrogens with zero attached hydrogens (tertiary/aromatic N) is 1. The van der Waals surface area contributed by atoms with Crippen LogP contribution in [0.5, 0.6) is 0 Å². The Balaban J connectivity index is 4.25. The molecule has 2 atom stereocenters. The Hall–Kier alpha value is -2.97. The number of carboxylic acid groups (broad SMARTS) is 1. The van der Waals surface area contributed by atoms with Gasteiger partial charge < -0.3 is 23.8 Å². The number of aliphatic carboxylic acids is 1. The molecule has 0 heterocycles. The summed E-state index contributed by atoms with van der Waals surface area (Å²) in [6.45, 7) is 4.61. The maximum atomic E-state index is 12.8. The third-order valence-corrected chi connectivity index (χ3v) is 11.4. The molecular formula is C55H98NO7+. The first-order chi connectivity index (χ1) is 30.6. The lowest BCUT2D eigenvalue weighted by Gasteiger charge is -2.31. The molecule has 0 aromatic heterocycles. The predicted octanol–water partition coefficient (Wildman–Crippen LogP) is 14.9. The minimum atomic E-state index is -0.878. The zero-order valence-electron chi connectivity index (χ0n) is 41.5. The van der Waals surface area contributed by atoms with Crippen LogP contribution in [0.1, 0.15) is 219 Å². The number of hydrogen-bond donors (Lipinski definition) is 1. The predicted molar refractivity (Wildman–Crippen MR) is 266 cm³/mol. The van der Waals surface area contributed by atoms with Crippen LogP contribution in [0.4, 0.5) is 0 Å². The lowest BCUT2D eigenvalue weighted by Crippen LogP contribution is -2.50. The number of ether oxygens (including phenoxy) is 3. The summed E-state index contributed by atoms with van der Waals surface area (Å²) in [6, 6.07) is -0.620. The number of carbonyl (C=O) groups is 3. The molecule has 0 saturated carbocycles. The van der Waals surface area contributed by atoms with Crippen LogP contribution in [0.25, 0.3) is 0 Å². The zero-order valence-corrected chi connectivity index (χ0v) is 41.5. The highest BCUT2D eigenvalue weighted by Gasteiger charge is 2.31. The molecule has 0 fully saturated rings. The van der Waals surface area contributed by atoms with Crippen LogP contribution in [0.3, 0.4) is 0 Å². The molecule has 8 heteroatoms. The highest BCUT2D eigenvalue weighted by Crippen LogP contribution is 2.15. The number of allylic oxidation sites excluding steroid dienone is 10. The molecule has 0 aliphatic carbocycles. The molecule has 0 aliphatic rings. The molecule has 0 radical (unpaired) electrons. The van der Waals surface area contributed by atoms with Crippen molar-refractivity contribution in [1.82, 2.24) is 0 Å². The number of esters is 2. The van der Waals surface area contributed by atoms with Crippen molar-refractivity contribution in [3.05, 3.63) is 60.8 Å². The van der Waals surface area contributed by atoms with E-state index in [2.05, 4.69) is 74.6 Å². The normalized spacial score (nSPS) is 13.3. The molecule has 364 valence electrons. The van der Waals surface area contributed by atoms with Crippen molar-refractivity contribution in [2.75, 3.05) is 41.0 Å². The van der Waals surface area contributed by atoms with Gasteiger partial charge in [-0.3, -0.25) is 9.59 Å². The average molecular weight is 885 g/mol. The third kappa shape index (κ3) is 44.0. The summed E-state index contributed by atoms with van der Waals surface area (Å²) in [6.07, 6.45) is 57.0. The minimum Gasteiger partial charge on any atom is -0.477 e. The monoisotopic (exact) mass is 885 g/mol. The first-order valence-electron chi connectivity index (χ1n) is 25.8. The van der Waals surface area contributed by atoms with Crippen molar-refractivity contribution in [2.24, 2.45) is 0 Å². The number of hydrogen-bond acceptors (Lipinski definition) is 6. The van der Waals surface area contributed by atoms with Gasteiger partial charge >= 0.3 is 17.9 Å². The van der Waals surface area contributed by atoms with E-state index in [9.17, 15) is 19.5 Å². The summed E-state index contributed by atoms with van der Waals surface area (Å²) in [5.74, 6) is -1.50. The maximum absolute atomic E-state index is 12.8. The van der Waals surface area contributed by atoms with Crippen LogP contribution in [0, 0.1) is 0 Å². The first kappa shape index (κ1) is 60.0. The van der Waals surface area contributed by atoms with Crippen LogP contribution < -0.4 is 0 Å². The smallest absolute Gasteiger partial charge is 0.362 e. The summed E-state index contributed by atoms with van der Waals surface area (Å²) in [5, 5.41) is 9.65. The number of likely N-dealkylation sites (N-methyl/N-ethyl adjacent to an activating group) is 1.